The van der Waals surface area contributed by atoms with Gasteiger partial charge < -0.3 is 5.73 Å². The van der Waals surface area contributed by atoms with E-state index in [0.717, 1.165) is 22.2 Å². The molecule has 1 fully saturated rings. The van der Waals surface area contributed by atoms with Crippen LogP contribution in [0.1, 0.15) is 17.7 Å². The molecule has 6 heteroatoms. The van der Waals surface area contributed by atoms with Crippen LogP contribution in [0.25, 0.3) is 0 Å². The van der Waals surface area contributed by atoms with Crippen LogP contribution in [0.4, 0.5) is 9.59 Å². The molecule has 2 N–H and O–H groups in total. The second kappa shape index (κ2) is 4.58. The highest BCUT2D eigenvalue weighted by atomic mass is 35.5. The van der Waals surface area contributed by atoms with Crippen LogP contribution in [0.2, 0.25) is 5.02 Å². The van der Waals surface area contributed by atoms with Crippen molar-refractivity contribution in [3.63, 3.8) is 0 Å². The first-order valence-electron chi connectivity index (χ1n) is 5.05. The highest BCUT2D eigenvalue weighted by molar-refractivity contribution is 8.14. The van der Waals surface area contributed by atoms with Crippen LogP contribution in [-0.4, -0.2) is 22.2 Å². The van der Waals surface area contributed by atoms with Crippen LogP contribution in [0.3, 0.4) is 0 Å². The van der Waals surface area contributed by atoms with Gasteiger partial charge in [-0.2, -0.15) is 0 Å². The Labute approximate surface area is 108 Å². The molecule has 1 heterocycles. The summed E-state index contributed by atoms with van der Waals surface area (Å²) in [4.78, 5) is 23.9. The minimum atomic E-state index is -0.702. The number of nitrogens with zero attached hydrogens (tertiary/aromatic N) is 1. The van der Waals surface area contributed by atoms with Crippen LogP contribution in [-0.2, 0) is 0 Å². The molecule has 1 aliphatic heterocycles. The lowest BCUT2D eigenvalue weighted by molar-refractivity contribution is 0.197. The smallest absolute Gasteiger partial charge is 0.322 e. The maximum absolute atomic E-state index is 11.6. The summed E-state index contributed by atoms with van der Waals surface area (Å²) in [5.41, 5.74) is 6.14. The topological polar surface area (TPSA) is 63.4 Å². The number of imide groups is 1. The molecule has 1 aromatic rings. The van der Waals surface area contributed by atoms with Gasteiger partial charge in [-0.1, -0.05) is 35.5 Å². The maximum Gasteiger partial charge on any atom is 0.322 e. The van der Waals surface area contributed by atoms with Crippen molar-refractivity contribution < 1.29 is 9.59 Å². The third kappa shape index (κ3) is 2.25. The number of carbonyl (C=O) groups is 2. The first-order valence-corrected chi connectivity index (χ1v) is 6.31. The average Bonchev–Trinajstić information content (AvgIpc) is 2.55. The Morgan fingerprint density at radius 2 is 2.00 bits per heavy atom. The van der Waals surface area contributed by atoms with Crippen LogP contribution in [0.5, 0.6) is 0 Å². The fourth-order valence-corrected chi connectivity index (χ4v) is 3.18. The molecule has 17 heavy (non-hydrogen) atoms. The normalized spacial score (nSPS) is 24.1. The van der Waals surface area contributed by atoms with Gasteiger partial charge in [0.05, 0.1) is 11.3 Å². The van der Waals surface area contributed by atoms with Gasteiger partial charge in [0.15, 0.2) is 0 Å². The molecular weight excluding hydrogens is 260 g/mol. The standard InChI is InChI=1S/C11H11ClN2O2S/c1-6-9(7-2-4-8(12)5-3-7)17-11(16)14(6)10(13)15/h2-6,9H,1H3,(H2,13,15). The van der Waals surface area contributed by atoms with Gasteiger partial charge in [-0.15, -0.1) is 0 Å². The Balaban J connectivity index is 2.27. The molecule has 1 aromatic carbocycles. The molecule has 0 aromatic heterocycles. The average molecular weight is 271 g/mol. The van der Waals surface area contributed by atoms with E-state index < -0.39 is 6.03 Å². The van der Waals surface area contributed by atoms with Gasteiger partial charge in [0, 0.05) is 5.02 Å². The molecule has 4 nitrogen and oxygen atoms in total. The number of primary amides is 1. The second-order valence-corrected chi connectivity index (χ2v) is 5.33. The summed E-state index contributed by atoms with van der Waals surface area (Å²) < 4.78 is 0. The summed E-state index contributed by atoms with van der Waals surface area (Å²) in [6.07, 6.45) is 0. The minimum Gasteiger partial charge on any atom is -0.351 e. The van der Waals surface area contributed by atoms with Gasteiger partial charge in [-0.3, -0.25) is 9.69 Å². The van der Waals surface area contributed by atoms with E-state index in [1.165, 1.54) is 0 Å². The Hall–Kier alpha value is -1.20. The monoisotopic (exact) mass is 270 g/mol. The minimum absolute atomic E-state index is 0.0905. The van der Waals surface area contributed by atoms with Crippen LogP contribution >= 0.6 is 23.4 Å². The van der Waals surface area contributed by atoms with Crippen molar-refractivity contribution >= 4 is 34.6 Å². The van der Waals surface area contributed by atoms with Crippen molar-refractivity contribution in [1.29, 1.82) is 0 Å². The molecule has 90 valence electrons. The number of hydrogen-bond acceptors (Lipinski definition) is 3. The van der Waals surface area contributed by atoms with E-state index in [1.807, 2.05) is 19.1 Å². The zero-order valence-corrected chi connectivity index (χ0v) is 10.7. The molecule has 0 bridgehead atoms. The van der Waals surface area contributed by atoms with Crippen molar-refractivity contribution in [3.8, 4) is 0 Å². The number of rotatable bonds is 1. The third-order valence-corrected chi connectivity index (χ3v) is 4.28. The van der Waals surface area contributed by atoms with E-state index in [-0.39, 0.29) is 16.5 Å². The van der Waals surface area contributed by atoms with E-state index in [9.17, 15) is 9.59 Å². The summed E-state index contributed by atoms with van der Waals surface area (Å²) in [5, 5.41) is 0.250. The van der Waals surface area contributed by atoms with Crippen molar-refractivity contribution in [1.82, 2.24) is 4.90 Å². The molecule has 3 amide bonds. The SMILES string of the molecule is CC1C(c2ccc(Cl)cc2)SC(=O)N1C(N)=O. The number of nitrogens with two attached hydrogens (primary N) is 1. The lowest BCUT2D eigenvalue weighted by Gasteiger charge is -2.19. The third-order valence-electron chi connectivity index (χ3n) is 2.71. The number of halogens is 1. The number of amides is 3. The summed E-state index contributed by atoms with van der Waals surface area (Å²) in [5.74, 6) is 0. The van der Waals surface area contributed by atoms with Gasteiger partial charge in [0.1, 0.15) is 0 Å². The first-order chi connectivity index (χ1) is 8.00. The van der Waals surface area contributed by atoms with E-state index in [2.05, 4.69) is 0 Å². The summed E-state index contributed by atoms with van der Waals surface area (Å²) in [6, 6.07) is 6.30. The van der Waals surface area contributed by atoms with E-state index >= 15 is 0 Å². The largest absolute Gasteiger partial charge is 0.351 e. The van der Waals surface area contributed by atoms with Crippen LogP contribution < -0.4 is 5.73 Å². The predicted molar refractivity (Wildman–Crippen MR) is 68.1 cm³/mol. The highest BCUT2D eigenvalue weighted by Gasteiger charge is 2.41. The highest BCUT2D eigenvalue weighted by Crippen LogP contribution is 2.42. The van der Waals surface area contributed by atoms with Crippen molar-refractivity contribution in [2.45, 2.75) is 18.2 Å². The van der Waals surface area contributed by atoms with Gasteiger partial charge in [0.25, 0.3) is 5.24 Å². The van der Waals surface area contributed by atoms with Crippen molar-refractivity contribution in [3.05, 3.63) is 34.9 Å². The molecule has 0 saturated carbocycles. The number of benzene rings is 1. The van der Waals surface area contributed by atoms with Crippen LogP contribution in [0, 0.1) is 0 Å². The quantitative estimate of drug-likeness (QED) is 0.853. The molecule has 0 spiro atoms. The molecule has 2 atom stereocenters. The Bertz CT molecular complexity index is 463. The lowest BCUT2D eigenvalue weighted by atomic mass is 10.1. The fourth-order valence-electron chi connectivity index (χ4n) is 1.86. The van der Waals surface area contributed by atoms with E-state index in [1.54, 1.807) is 12.1 Å². The molecule has 1 aliphatic rings. The molecule has 0 aliphatic carbocycles. The predicted octanol–water partition coefficient (Wildman–Crippen LogP) is 3.02. The number of urea groups is 1. The van der Waals surface area contributed by atoms with Gasteiger partial charge in [0.2, 0.25) is 0 Å². The number of thioether (sulfide) groups is 1. The Morgan fingerprint density at radius 1 is 1.41 bits per heavy atom. The maximum atomic E-state index is 11.6. The molecule has 1 saturated heterocycles. The van der Waals surface area contributed by atoms with Crippen LogP contribution in [0.15, 0.2) is 24.3 Å². The van der Waals surface area contributed by atoms with Crippen molar-refractivity contribution in [2.24, 2.45) is 5.73 Å². The van der Waals surface area contributed by atoms with Gasteiger partial charge in [-0.25, -0.2) is 4.79 Å². The fraction of sp³-hybridized carbons (Fsp3) is 0.273. The lowest BCUT2D eigenvalue weighted by Crippen LogP contribution is -2.41. The molecule has 0 radical (unpaired) electrons. The second-order valence-electron chi connectivity index (χ2n) is 3.80. The van der Waals surface area contributed by atoms with Gasteiger partial charge >= 0.3 is 6.03 Å². The van der Waals surface area contributed by atoms with E-state index in [0.29, 0.717) is 5.02 Å². The summed E-state index contributed by atoms with van der Waals surface area (Å²) in [6.45, 7) is 1.81. The zero-order valence-electron chi connectivity index (χ0n) is 9.09. The summed E-state index contributed by atoms with van der Waals surface area (Å²) in [7, 11) is 0. The first kappa shape index (κ1) is 12.3. The van der Waals surface area contributed by atoms with Crippen molar-refractivity contribution in [2.75, 3.05) is 0 Å². The Morgan fingerprint density at radius 3 is 2.47 bits per heavy atom. The van der Waals surface area contributed by atoms with Gasteiger partial charge in [-0.05, 0) is 24.6 Å². The molecule has 2 rings (SSSR count). The van der Waals surface area contributed by atoms with E-state index in [4.69, 9.17) is 17.3 Å². The Kier molecular flexibility index (Phi) is 3.31. The number of carbonyl (C=O) groups excluding carboxylic acids is 2. The molecule has 2 unspecified atom stereocenters. The summed E-state index contributed by atoms with van der Waals surface area (Å²) >= 11 is 6.92. The molecular formula is C11H11ClN2O2S. The number of hydrogen-bond donors (Lipinski definition) is 1. The zero-order chi connectivity index (χ0) is 12.6.